The first-order valence-electron chi connectivity index (χ1n) is 47.9. The van der Waals surface area contributed by atoms with Crippen LogP contribution in [0.2, 0.25) is 0 Å². The number of carboxylic acid groups (broad SMARTS) is 7. The number of urea groups is 2. The monoisotopic (exact) mass is 2170 g/mol. The summed E-state index contributed by atoms with van der Waals surface area (Å²) in [5.74, 6) is -9.77. The molecule has 144 heavy (non-hydrogen) atoms. The van der Waals surface area contributed by atoms with Gasteiger partial charge in [-0.1, -0.05) is 36.4 Å². The molecule has 1 unspecified atom stereocenters. The van der Waals surface area contributed by atoms with E-state index >= 15 is 0 Å². The van der Waals surface area contributed by atoms with Gasteiger partial charge in [-0.2, -0.15) is 5.11 Å². The minimum Gasteiger partial charge on any atom is -0.480 e. The number of rotatable bonds is 83. The lowest BCUT2D eigenvalue weighted by molar-refractivity contribution is -0.142. The fourth-order valence-corrected chi connectivity index (χ4v) is 14.4. The minimum atomic E-state index is -1.32. The van der Waals surface area contributed by atoms with Gasteiger partial charge >= 0.3 is 53.8 Å². The Morgan fingerprint density at radius 2 is 0.840 bits per heavy atom. The zero-order chi connectivity index (χ0) is 105. The number of carbonyl (C=O) groups is 13. The lowest BCUT2D eigenvalue weighted by atomic mass is 10.0. The first kappa shape index (κ1) is 126. The van der Waals surface area contributed by atoms with E-state index in [4.69, 9.17) is 79.7 Å². The summed E-state index contributed by atoms with van der Waals surface area (Å²) in [4.78, 5) is 165. The van der Waals surface area contributed by atoms with Crippen molar-refractivity contribution < 1.29 is 155 Å². The van der Waals surface area contributed by atoms with E-state index in [2.05, 4.69) is 93.0 Å². The number of unbranched alkanes of at least 4 members (excludes halogenated alkanes) is 3. The summed E-state index contributed by atoms with van der Waals surface area (Å²) in [5.41, 5.74) is 11.2. The van der Waals surface area contributed by atoms with E-state index in [1.165, 1.54) is 17.8 Å². The lowest BCUT2D eigenvalue weighted by Crippen LogP contribution is -2.53. The van der Waals surface area contributed by atoms with Gasteiger partial charge in [0.05, 0.1) is 191 Å². The Bertz CT molecular complexity index is 4260. The number of thiocarbonyl (C=S) groups is 1. The Balaban J connectivity index is 1.07. The molecule has 19 N–H and O–H groups in total. The standard InChI is InChI=1S/C93H146IN17O32S/c94-72-20-16-69(17-21-72)9-7-15-80(112)97-25-4-2-13-77(89(126)127)105-81(113)24-35-132-37-39-134-41-43-136-45-47-138-49-51-140-53-55-142-57-58-143-56-54-141-52-50-139-48-46-137-44-42-135-40-38-133-36-28-98-88(125)76(104-82(114)62-96-61-79(107-95)71-10-8-11-74(60-71)102-91(130)99-26-5-3-14-78(90(128)129)106-92(131)101-63-83(115)116)12-1-6-27-100-93(144)103-73-22-18-70(19-23-73)59-75-64-110(67-86(121)122)32-31-108(65-84(117)118)29-30-109(66-85(119)120)33-34-111(75)68-87(123)124/h8,10-11,16-23,60-61,75-78,95-96H,1-7,9,12-15,24-59,62-68H2,(H,97,112)(H,98,125)(H,104,114)(H,105,113)(H,115,116)(H,117,118)(H,119,120)(H,121,122)(H,123,124)(H,126,127)(H,128,129)(H2,99,102,130)(H2,100,103,144)(H2,101,106,131)/b79-61-,107-95?/t75?,76-,77-,78-/m0/s1. The largest absolute Gasteiger partial charge is 0.480 e. The van der Waals surface area contributed by atoms with Crippen molar-refractivity contribution in [1.82, 2.24) is 67.5 Å². The Hall–Kier alpha value is -10.7. The van der Waals surface area contributed by atoms with Crippen molar-refractivity contribution in [2.24, 2.45) is 5.11 Å². The van der Waals surface area contributed by atoms with Gasteiger partial charge in [0.1, 0.15) is 30.4 Å². The first-order valence-corrected chi connectivity index (χ1v) is 49.4. The number of carbonyl (C=O) groups excluding carboxylic acids is 6. The molecule has 1 heterocycles. The van der Waals surface area contributed by atoms with Crippen LogP contribution < -0.4 is 58.5 Å². The number of anilines is 2. The molecule has 1 aliphatic heterocycles. The molecule has 8 amide bonds. The third-order valence-corrected chi connectivity index (χ3v) is 22.1. The highest BCUT2D eigenvalue weighted by Crippen LogP contribution is 2.21. The molecule has 1 fully saturated rings. The summed E-state index contributed by atoms with van der Waals surface area (Å²) >= 11 is 7.88. The average molecular weight is 2170 g/mol. The van der Waals surface area contributed by atoms with E-state index in [0.717, 1.165) is 22.0 Å². The van der Waals surface area contributed by atoms with Crippen molar-refractivity contribution in [3.05, 3.63) is 99.3 Å². The second-order valence-electron chi connectivity index (χ2n) is 32.6. The molecule has 0 spiro atoms. The van der Waals surface area contributed by atoms with Crippen LogP contribution in [0.1, 0.15) is 93.7 Å². The Morgan fingerprint density at radius 3 is 1.33 bits per heavy atom. The molecule has 0 saturated carbocycles. The smallest absolute Gasteiger partial charge is 0.326 e. The predicted molar refractivity (Wildman–Crippen MR) is 535 cm³/mol. The molecule has 4 rings (SSSR count). The molecule has 0 radical (unpaired) electrons. The highest BCUT2D eigenvalue weighted by Gasteiger charge is 2.30. The third kappa shape index (κ3) is 66.3. The SMILES string of the molecule is N=N/C(=C\NCC(=O)N[C@@H](CCCCNC(=S)Nc1ccc(CC2CN(CC(=O)O)CCN(CC(=O)O)CCN(CC(=O)O)CCN2CC(=O)O)cc1)C(=O)NCCOCCOCCOCCOCCOCCOCCOCCOCCOCCOCCOCCOCCC(=O)N[C@@H](CCCCNC(=O)CCCc1ccc(I)cc1)C(=O)O)c1cccc(NC(=O)NCCCC[C@H](NC(=O)NCC(=O)O)C(=O)O)c1. The zero-order valence-electron chi connectivity index (χ0n) is 81.6. The average Bonchev–Trinajstić information content (AvgIpc) is 0.858. The van der Waals surface area contributed by atoms with Crippen LogP contribution >= 0.6 is 34.8 Å². The number of hydrogen-bond donors (Lipinski definition) is 19. The summed E-state index contributed by atoms with van der Waals surface area (Å²) in [6.07, 6.45) is 6.62. The van der Waals surface area contributed by atoms with Crippen LogP contribution in [-0.2, 0) is 122 Å². The highest BCUT2D eigenvalue weighted by atomic mass is 127. The summed E-state index contributed by atoms with van der Waals surface area (Å²) in [6.45, 7) is 7.27. The van der Waals surface area contributed by atoms with E-state index in [0.29, 0.717) is 194 Å². The molecule has 0 aliphatic carbocycles. The number of carboxylic acids is 7. The first-order chi connectivity index (χ1) is 69.5. The maximum Gasteiger partial charge on any atom is 0.326 e. The third-order valence-electron chi connectivity index (χ3n) is 21.1. The fraction of sp³-hybridized carbons (Fsp3) is 0.634. The van der Waals surface area contributed by atoms with Crippen LogP contribution in [0.15, 0.2) is 84.1 Å². The maximum atomic E-state index is 13.8. The zero-order valence-corrected chi connectivity index (χ0v) is 84.5. The number of aliphatic carboxylic acids is 7. The van der Waals surface area contributed by atoms with Gasteiger partial charge in [0.15, 0.2) is 5.11 Å². The number of nitrogens with zero attached hydrogens (tertiary/aromatic N) is 5. The molecule has 1 aliphatic rings. The molecule has 4 atom stereocenters. The number of nitrogens with one attached hydrogen (secondary N) is 12. The lowest BCUT2D eigenvalue weighted by Gasteiger charge is -2.37. The molecule has 51 heteroatoms. The van der Waals surface area contributed by atoms with Crippen molar-refractivity contribution in [2.45, 2.75) is 114 Å². The molecule has 49 nitrogen and oxygen atoms in total. The summed E-state index contributed by atoms with van der Waals surface area (Å²) in [6, 6.07) is 16.2. The highest BCUT2D eigenvalue weighted by molar-refractivity contribution is 14.1. The van der Waals surface area contributed by atoms with Crippen molar-refractivity contribution in [2.75, 3.05) is 280 Å². The van der Waals surface area contributed by atoms with E-state index < -0.39 is 115 Å². The minimum absolute atomic E-state index is 0.00375. The molecule has 0 bridgehead atoms. The van der Waals surface area contributed by atoms with E-state index in [1.54, 1.807) is 49.9 Å². The normalized spacial score (nSPS) is 14.1. The van der Waals surface area contributed by atoms with Crippen LogP contribution in [0.5, 0.6) is 0 Å². The Labute approximate surface area is 856 Å². The van der Waals surface area contributed by atoms with Crippen LogP contribution in [0, 0.1) is 9.10 Å². The van der Waals surface area contributed by atoms with Gasteiger partial charge < -0.3 is 151 Å². The number of halogens is 1. The quantitative estimate of drug-likeness (QED) is 0.0166. The molecular weight excluding hydrogens is 2030 g/mol. The van der Waals surface area contributed by atoms with E-state index in [1.807, 2.05) is 29.6 Å². The van der Waals surface area contributed by atoms with Crippen LogP contribution in [-0.4, -0.2) is 432 Å². The van der Waals surface area contributed by atoms with Gasteiger partial charge in [-0.25, -0.2) is 24.7 Å². The second-order valence-corrected chi connectivity index (χ2v) is 34.3. The van der Waals surface area contributed by atoms with Gasteiger partial charge in [-0.05, 0) is 159 Å². The van der Waals surface area contributed by atoms with Gasteiger partial charge in [0, 0.05) is 118 Å². The van der Waals surface area contributed by atoms with Gasteiger partial charge in [0.25, 0.3) is 0 Å². The molecule has 808 valence electrons. The summed E-state index contributed by atoms with van der Waals surface area (Å²) < 4.78 is 67.9. The van der Waals surface area contributed by atoms with E-state index in [9.17, 15) is 93.0 Å². The predicted octanol–water partition coefficient (Wildman–Crippen LogP) is 2.04. The number of aryl methyl sites for hydroxylation is 1. The van der Waals surface area contributed by atoms with Crippen LogP contribution in [0.4, 0.5) is 21.0 Å². The van der Waals surface area contributed by atoms with Gasteiger partial charge in [-0.3, -0.25) is 62.8 Å². The topological polar surface area (TPSA) is 656 Å². The molecule has 3 aromatic rings. The van der Waals surface area contributed by atoms with E-state index in [-0.39, 0.29) is 167 Å². The number of ether oxygens (including phenoxy) is 12. The Kier molecular flexibility index (Phi) is 70.2. The molecule has 3 aromatic carbocycles. The molecule has 0 aromatic heterocycles. The van der Waals surface area contributed by atoms with Crippen molar-refractivity contribution in [1.29, 1.82) is 5.53 Å². The van der Waals surface area contributed by atoms with Gasteiger partial charge in [-0.15, -0.1) is 0 Å². The number of hydrogen-bond acceptors (Lipinski definition) is 33. The molecule has 1 saturated heterocycles. The van der Waals surface area contributed by atoms with Crippen molar-refractivity contribution >= 4 is 134 Å². The van der Waals surface area contributed by atoms with Gasteiger partial charge in [0.2, 0.25) is 23.6 Å². The fourth-order valence-electron chi connectivity index (χ4n) is 13.8. The Morgan fingerprint density at radius 1 is 0.403 bits per heavy atom. The maximum absolute atomic E-state index is 13.8. The van der Waals surface area contributed by atoms with Crippen molar-refractivity contribution in [3.63, 3.8) is 0 Å². The summed E-state index contributed by atoms with van der Waals surface area (Å²) in [5, 5.41) is 101. The summed E-state index contributed by atoms with van der Waals surface area (Å²) in [7, 11) is 0. The number of amides is 8. The number of benzene rings is 3. The van der Waals surface area contributed by atoms with Crippen molar-refractivity contribution in [3.8, 4) is 0 Å². The van der Waals surface area contributed by atoms with Crippen LogP contribution in [0.3, 0.4) is 0 Å². The second kappa shape index (κ2) is 80.5. The molecular formula is C93H146IN17O32S. The van der Waals surface area contributed by atoms with Crippen LogP contribution in [0.25, 0.3) is 5.70 Å².